The molecule has 0 aliphatic carbocycles. The minimum atomic E-state index is -0.215. The summed E-state index contributed by atoms with van der Waals surface area (Å²) in [6, 6.07) is 11.4. The first kappa shape index (κ1) is 17.7. The van der Waals surface area contributed by atoms with Crippen LogP contribution in [0.1, 0.15) is 24.5 Å². The molecule has 1 aliphatic heterocycles. The van der Waals surface area contributed by atoms with Crippen LogP contribution in [0.15, 0.2) is 42.6 Å². The summed E-state index contributed by atoms with van der Waals surface area (Å²) in [5, 5.41) is 11.8. The number of halogens is 1. The van der Waals surface area contributed by atoms with Gasteiger partial charge in [-0.15, -0.1) is 11.3 Å². The lowest BCUT2D eigenvalue weighted by Gasteiger charge is -2.22. The molecule has 0 unspecified atom stereocenters. The summed E-state index contributed by atoms with van der Waals surface area (Å²) in [6.07, 6.45) is 3.95. The number of hydrogen-bond acceptors (Lipinski definition) is 5. The van der Waals surface area contributed by atoms with Crippen molar-refractivity contribution >= 4 is 33.3 Å². The van der Waals surface area contributed by atoms with Crippen molar-refractivity contribution in [3.63, 3.8) is 0 Å². The van der Waals surface area contributed by atoms with Gasteiger partial charge < -0.3 is 10.3 Å². The zero-order valence-electron chi connectivity index (χ0n) is 16.1. The quantitative estimate of drug-likeness (QED) is 0.392. The van der Waals surface area contributed by atoms with E-state index in [0.717, 1.165) is 86.9 Å². The van der Waals surface area contributed by atoms with E-state index in [4.69, 9.17) is 4.98 Å². The number of pyridine rings is 2. The predicted molar refractivity (Wildman–Crippen MR) is 117 cm³/mol. The van der Waals surface area contributed by atoms with Gasteiger partial charge >= 0.3 is 0 Å². The Morgan fingerprint density at radius 1 is 1.00 bits per heavy atom. The molecule has 150 valence electrons. The van der Waals surface area contributed by atoms with Crippen molar-refractivity contribution in [3.8, 4) is 22.0 Å². The number of nitrogens with one attached hydrogen (secondary N) is 3. The third-order valence-corrected chi connectivity index (χ3v) is 6.68. The van der Waals surface area contributed by atoms with Crippen molar-refractivity contribution < 1.29 is 4.39 Å². The van der Waals surface area contributed by atoms with Crippen LogP contribution >= 0.6 is 11.3 Å². The molecule has 1 aliphatic rings. The van der Waals surface area contributed by atoms with Crippen LogP contribution in [0.4, 0.5) is 4.39 Å². The summed E-state index contributed by atoms with van der Waals surface area (Å²) in [6.45, 7) is 2.06. The third kappa shape index (κ3) is 2.91. The van der Waals surface area contributed by atoms with E-state index in [9.17, 15) is 4.39 Å². The highest BCUT2D eigenvalue weighted by Gasteiger charge is 2.20. The lowest BCUT2D eigenvalue weighted by atomic mass is 9.94. The molecule has 0 spiro atoms. The van der Waals surface area contributed by atoms with Crippen molar-refractivity contribution in [1.29, 1.82) is 0 Å². The van der Waals surface area contributed by atoms with Gasteiger partial charge in [0.25, 0.3) is 0 Å². The molecule has 0 aromatic carbocycles. The van der Waals surface area contributed by atoms with Crippen molar-refractivity contribution in [1.82, 2.24) is 30.5 Å². The van der Waals surface area contributed by atoms with Crippen LogP contribution < -0.4 is 5.32 Å². The van der Waals surface area contributed by atoms with Gasteiger partial charge in [0.05, 0.1) is 21.8 Å². The summed E-state index contributed by atoms with van der Waals surface area (Å²) in [5.74, 6) is 0.477. The van der Waals surface area contributed by atoms with Crippen LogP contribution in [0.25, 0.3) is 43.9 Å². The number of aromatic amines is 2. The van der Waals surface area contributed by atoms with E-state index in [-0.39, 0.29) is 5.13 Å². The van der Waals surface area contributed by atoms with Gasteiger partial charge in [-0.2, -0.15) is 9.49 Å². The highest BCUT2D eigenvalue weighted by atomic mass is 32.1. The zero-order valence-corrected chi connectivity index (χ0v) is 16.9. The highest BCUT2D eigenvalue weighted by molar-refractivity contribution is 7.13. The van der Waals surface area contributed by atoms with Crippen molar-refractivity contribution in [2.45, 2.75) is 18.8 Å². The molecular weight excluding hydrogens is 399 g/mol. The van der Waals surface area contributed by atoms with Crippen LogP contribution in [0.3, 0.4) is 0 Å². The van der Waals surface area contributed by atoms with Crippen molar-refractivity contribution in [2.75, 3.05) is 13.1 Å². The summed E-state index contributed by atoms with van der Waals surface area (Å²) in [7, 11) is 0. The Labute approximate surface area is 175 Å². The first-order chi connectivity index (χ1) is 14.8. The Bertz CT molecular complexity index is 1360. The SMILES string of the molecule is Fc1ccc(-c2nccc3[nH]c(-c4n[nH]c5ccc(C6CCNCC6)nc45)cc23)s1. The van der Waals surface area contributed by atoms with Crippen LogP contribution in [0, 0.1) is 5.13 Å². The van der Waals surface area contributed by atoms with Crippen LogP contribution in [0.2, 0.25) is 0 Å². The van der Waals surface area contributed by atoms with E-state index in [1.54, 1.807) is 12.3 Å². The molecule has 6 rings (SSSR count). The largest absolute Gasteiger partial charge is 0.353 e. The Kier molecular flexibility index (Phi) is 4.14. The predicted octanol–water partition coefficient (Wildman–Crippen LogP) is 4.84. The highest BCUT2D eigenvalue weighted by Crippen LogP contribution is 2.35. The second kappa shape index (κ2) is 7.00. The second-order valence-electron chi connectivity index (χ2n) is 7.64. The summed E-state index contributed by atoms with van der Waals surface area (Å²) in [4.78, 5) is 13.7. The number of hydrogen-bond donors (Lipinski definition) is 3. The molecular formula is C22H19FN6S. The summed E-state index contributed by atoms with van der Waals surface area (Å²) >= 11 is 1.10. The average Bonchev–Trinajstić information content (AvgIpc) is 3.51. The van der Waals surface area contributed by atoms with E-state index in [1.165, 1.54) is 6.07 Å². The first-order valence-electron chi connectivity index (χ1n) is 10.1. The smallest absolute Gasteiger partial charge is 0.177 e. The lowest BCUT2D eigenvalue weighted by molar-refractivity contribution is 0.454. The molecule has 6 nitrogen and oxygen atoms in total. The molecule has 0 saturated carbocycles. The molecule has 0 atom stereocenters. The van der Waals surface area contributed by atoms with Gasteiger partial charge in [-0.05, 0) is 62.3 Å². The molecule has 0 amide bonds. The molecule has 1 saturated heterocycles. The standard InChI is InChI=1S/C22H19FN6S/c23-19-4-3-18(30-19)20-13-11-17(26-15(13)7-10-25-20)22-21-16(28-29-22)2-1-14(27-21)12-5-8-24-9-6-12/h1-4,7,10-12,24,26H,5-6,8-9H2,(H,28,29). The Morgan fingerprint density at radius 2 is 1.90 bits per heavy atom. The van der Waals surface area contributed by atoms with Crippen LogP contribution in [-0.4, -0.2) is 38.2 Å². The monoisotopic (exact) mass is 418 g/mol. The molecule has 30 heavy (non-hydrogen) atoms. The molecule has 1 fully saturated rings. The fourth-order valence-electron chi connectivity index (χ4n) is 4.27. The number of H-pyrrole nitrogens is 2. The van der Waals surface area contributed by atoms with Crippen LogP contribution in [0.5, 0.6) is 0 Å². The van der Waals surface area contributed by atoms with E-state index >= 15 is 0 Å². The molecule has 3 N–H and O–H groups in total. The molecule has 6 heterocycles. The van der Waals surface area contributed by atoms with E-state index in [0.29, 0.717) is 5.92 Å². The molecule has 5 aromatic rings. The van der Waals surface area contributed by atoms with Gasteiger partial charge in [0.2, 0.25) is 0 Å². The lowest BCUT2D eigenvalue weighted by Crippen LogP contribution is -2.27. The van der Waals surface area contributed by atoms with Crippen molar-refractivity contribution in [2.24, 2.45) is 0 Å². The van der Waals surface area contributed by atoms with E-state index < -0.39 is 0 Å². The fraction of sp³-hybridized carbons (Fsp3) is 0.227. The molecule has 8 heteroatoms. The maximum absolute atomic E-state index is 13.6. The molecule has 5 aromatic heterocycles. The first-order valence-corrected chi connectivity index (χ1v) is 10.9. The summed E-state index contributed by atoms with van der Waals surface area (Å²) in [5.41, 5.74) is 6.29. The number of aromatic nitrogens is 5. The third-order valence-electron chi connectivity index (χ3n) is 5.80. The number of thiophene rings is 1. The Balaban J connectivity index is 1.47. The maximum Gasteiger partial charge on any atom is 0.177 e. The second-order valence-corrected chi connectivity index (χ2v) is 8.67. The van der Waals surface area contributed by atoms with Crippen LogP contribution in [-0.2, 0) is 0 Å². The number of fused-ring (bicyclic) bond motifs is 2. The van der Waals surface area contributed by atoms with E-state index in [1.807, 2.05) is 12.1 Å². The fourth-order valence-corrected chi connectivity index (χ4v) is 5.01. The number of piperidine rings is 1. The Hall–Kier alpha value is -3.10. The normalized spacial score (nSPS) is 15.4. The number of nitrogens with zero attached hydrogens (tertiary/aromatic N) is 3. The molecule has 0 radical (unpaired) electrons. The van der Waals surface area contributed by atoms with Gasteiger partial charge in [-0.1, -0.05) is 0 Å². The average molecular weight is 419 g/mol. The van der Waals surface area contributed by atoms with Gasteiger partial charge in [-0.25, -0.2) is 4.98 Å². The van der Waals surface area contributed by atoms with Gasteiger partial charge in [0.1, 0.15) is 11.2 Å². The Morgan fingerprint density at radius 3 is 2.73 bits per heavy atom. The van der Waals surface area contributed by atoms with E-state index in [2.05, 4.69) is 37.6 Å². The molecule has 0 bridgehead atoms. The summed E-state index contributed by atoms with van der Waals surface area (Å²) < 4.78 is 13.6. The number of rotatable bonds is 3. The van der Waals surface area contributed by atoms with Gasteiger partial charge in [0, 0.05) is 28.7 Å². The van der Waals surface area contributed by atoms with Gasteiger partial charge in [-0.3, -0.25) is 10.1 Å². The maximum atomic E-state index is 13.6. The topological polar surface area (TPSA) is 82.3 Å². The van der Waals surface area contributed by atoms with Gasteiger partial charge in [0.15, 0.2) is 5.13 Å². The minimum Gasteiger partial charge on any atom is -0.353 e. The minimum absolute atomic E-state index is 0.215. The van der Waals surface area contributed by atoms with Crippen molar-refractivity contribution in [3.05, 3.63) is 53.4 Å². The zero-order chi connectivity index (χ0) is 20.1.